The lowest BCUT2D eigenvalue weighted by Crippen LogP contribution is -2.36. The topological polar surface area (TPSA) is 92.5 Å². The third kappa shape index (κ3) is 2.35. The third-order valence-electron chi connectivity index (χ3n) is 3.73. The van der Waals surface area contributed by atoms with E-state index in [-0.39, 0.29) is 11.4 Å². The van der Waals surface area contributed by atoms with E-state index in [0.29, 0.717) is 24.4 Å². The fraction of sp³-hybridized carbons (Fsp3) is 0.286. The third-order valence-corrected chi connectivity index (χ3v) is 5.43. The van der Waals surface area contributed by atoms with Gasteiger partial charge in [0.15, 0.2) is 0 Å². The summed E-state index contributed by atoms with van der Waals surface area (Å²) in [5.41, 5.74) is 2.01. The zero-order valence-electron chi connectivity index (χ0n) is 11.9. The van der Waals surface area contributed by atoms with Gasteiger partial charge in [0, 0.05) is 13.0 Å². The van der Waals surface area contributed by atoms with Crippen LogP contribution >= 0.6 is 0 Å². The lowest BCUT2D eigenvalue weighted by molar-refractivity contribution is 0.139. The molecule has 1 aliphatic rings. The molecule has 0 bridgehead atoms. The molecule has 2 aromatic rings. The summed E-state index contributed by atoms with van der Waals surface area (Å²) in [7, 11) is -3.77. The molecule has 116 valence electrons. The number of hydrogen-bond acceptors (Lipinski definition) is 4. The molecule has 1 N–H and O–H groups in total. The highest BCUT2D eigenvalue weighted by molar-refractivity contribution is 7.90. The van der Waals surface area contributed by atoms with Crippen LogP contribution in [0.3, 0.4) is 0 Å². The van der Waals surface area contributed by atoms with E-state index >= 15 is 0 Å². The lowest BCUT2D eigenvalue weighted by atomic mass is 10.1. The van der Waals surface area contributed by atoms with Gasteiger partial charge in [-0.3, -0.25) is 0 Å². The molecule has 0 spiro atoms. The maximum Gasteiger partial charge on any atom is 0.407 e. The number of rotatable bonds is 2. The Morgan fingerprint density at radius 3 is 2.59 bits per heavy atom. The summed E-state index contributed by atoms with van der Waals surface area (Å²) in [5.74, 6) is 0. The number of imidazole rings is 1. The van der Waals surface area contributed by atoms with Gasteiger partial charge >= 0.3 is 6.09 Å². The van der Waals surface area contributed by atoms with E-state index in [2.05, 4.69) is 4.98 Å². The van der Waals surface area contributed by atoms with Gasteiger partial charge in [0.05, 0.1) is 22.8 Å². The highest BCUT2D eigenvalue weighted by Gasteiger charge is 2.29. The SMILES string of the molecule is Cc1ccc(S(=O)(=O)n2cnc3c2CN(C(=O)O)CC3)cc1. The molecule has 0 fully saturated rings. The average Bonchev–Trinajstić information content (AvgIpc) is 2.91. The van der Waals surface area contributed by atoms with Gasteiger partial charge < -0.3 is 10.0 Å². The Morgan fingerprint density at radius 1 is 1.27 bits per heavy atom. The van der Waals surface area contributed by atoms with Crippen LogP contribution in [0.5, 0.6) is 0 Å². The molecule has 1 aromatic heterocycles. The van der Waals surface area contributed by atoms with Crippen LogP contribution in [0.4, 0.5) is 4.79 Å². The summed E-state index contributed by atoms with van der Waals surface area (Å²) in [6.45, 7) is 2.22. The maximum atomic E-state index is 12.7. The van der Waals surface area contributed by atoms with Crippen molar-refractivity contribution in [3.63, 3.8) is 0 Å². The van der Waals surface area contributed by atoms with Gasteiger partial charge in [-0.05, 0) is 19.1 Å². The summed E-state index contributed by atoms with van der Waals surface area (Å²) in [6.07, 6.45) is 0.606. The molecule has 0 unspecified atom stereocenters. The Labute approximate surface area is 127 Å². The summed E-state index contributed by atoms with van der Waals surface area (Å²) in [5, 5.41) is 9.09. The minimum absolute atomic E-state index is 0.0236. The normalized spacial score (nSPS) is 14.7. The van der Waals surface area contributed by atoms with Gasteiger partial charge in [-0.25, -0.2) is 22.2 Å². The van der Waals surface area contributed by atoms with Crippen LogP contribution in [0.15, 0.2) is 35.5 Å². The Balaban J connectivity index is 2.05. The molecule has 1 aromatic carbocycles. The van der Waals surface area contributed by atoms with E-state index in [9.17, 15) is 13.2 Å². The second-order valence-corrected chi connectivity index (χ2v) is 7.02. The molecule has 8 heteroatoms. The standard InChI is InChI=1S/C14H15N3O4S/c1-10-2-4-11(5-3-10)22(20,21)17-9-15-12-6-7-16(14(18)19)8-13(12)17/h2-5,9H,6-8H2,1H3,(H,18,19). The molecule has 7 nitrogen and oxygen atoms in total. The first-order valence-electron chi connectivity index (χ1n) is 6.75. The smallest absolute Gasteiger partial charge is 0.407 e. The van der Waals surface area contributed by atoms with Crippen LogP contribution in [0.1, 0.15) is 17.0 Å². The fourth-order valence-corrected chi connectivity index (χ4v) is 3.79. The van der Waals surface area contributed by atoms with Crippen molar-refractivity contribution in [3.8, 4) is 0 Å². The molecule has 22 heavy (non-hydrogen) atoms. The van der Waals surface area contributed by atoms with Gasteiger partial charge in [0.25, 0.3) is 10.0 Å². The van der Waals surface area contributed by atoms with E-state index < -0.39 is 16.1 Å². The number of carboxylic acid groups (broad SMARTS) is 1. The van der Waals surface area contributed by atoms with E-state index in [1.807, 2.05) is 6.92 Å². The maximum absolute atomic E-state index is 12.7. The number of carbonyl (C=O) groups is 1. The Hall–Kier alpha value is -2.35. The fourth-order valence-electron chi connectivity index (χ4n) is 2.46. The second kappa shape index (κ2) is 5.13. The van der Waals surface area contributed by atoms with Crippen molar-refractivity contribution in [2.45, 2.75) is 24.8 Å². The monoisotopic (exact) mass is 321 g/mol. The predicted molar refractivity (Wildman–Crippen MR) is 78.1 cm³/mol. The van der Waals surface area contributed by atoms with Gasteiger partial charge in [-0.2, -0.15) is 0 Å². The summed E-state index contributed by atoms with van der Waals surface area (Å²) in [6, 6.07) is 6.52. The van der Waals surface area contributed by atoms with Crippen molar-refractivity contribution in [1.29, 1.82) is 0 Å². The van der Waals surface area contributed by atoms with Crippen LogP contribution in [0.25, 0.3) is 0 Å². The lowest BCUT2D eigenvalue weighted by Gasteiger charge is -2.24. The van der Waals surface area contributed by atoms with Crippen LogP contribution in [0.2, 0.25) is 0 Å². The van der Waals surface area contributed by atoms with Crippen molar-refractivity contribution in [2.75, 3.05) is 6.54 Å². The van der Waals surface area contributed by atoms with Gasteiger partial charge in [-0.15, -0.1) is 0 Å². The van der Waals surface area contributed by atoms with Gasteiger partial charge in [0.2, 0.25) is 0 Å². The van der Waals surface area contributed by atoms with Crippen LogP contribution in [-0.4, -0.2) is 40.0 Å². The number of aromatic nitrogens is 2. The molecule has 0 aliphatic carbocycles. The van der Waals surface area contributed by atoms with Crippen LogP contribution in [-0.2, 0) is 23.0 Å². The predicted octanol–water partition coefficient (Wildman–Crippen LogP) is 1.46. The number of amides is 1. The van der Waals surface area contributed by atoms with Crippen molar-refractivity contribution in [3.05, 3.63) is 47.5 Å². The van der Waals surface area contributed by atoms with E-state index in [4.69, 9.17) is 5.11 Å². The Morgan fingerprint density at radius 2 is 1.95 bits per heavy atom. The summed E-state index contributed by atoms with van der Waals surface area (Å²) < 4.78 is 26.5. The van der Waals surface area contributed by atoms with Gasteiger partial charge in [0.1, 0.15) is 6.33 Å². The van der Waals surface area contributed by atoms with Crippen LogP contribution < -0.4 is 0 Å². The molecule has 3 rings (SSSR count). The first kappa shape index (κ1) is 14.6. The van der Waals surface area contributed by atoms with Crippen LogP contribution in [0, 0.1) is 6.92 Å². The largest absolute Gasteiger partial charge is 0.465 e. The van der Waals surface area contributed by atoms with E-state index in [0.717, 1.165) is 9.54 Å². The van der Waals surface area contributed by atoms with Crippen molar-refractivity contribution in [1.82, 2.24) is 13.9 Å². The zero-order valence-corrected chi connectivity index (χ0v) is 12.7. The van der Waals surface area contributed by atoms with Crippen molar-refractivity contribution >= 4 is 16.1 Å². The Kier molecular flexibility index (Phi) is 3.40. The average molecular weight is 321 g/mol. The first-order valence-corrected chi connectivity index (χ1v) is 8.19. The minimum Gasteiger partial charge on any atom is -0.465 e. The first-order chi connectivity index (χ1) is 10.4. The number of nitrogens with zero attached hydrogens (tertiary/aromatic N) is 3. The molecule has 0 saturated carbocycles. The van der Waals surface area contributed by atoms with E-state index in [1.54, 1.807) is 12.1 Å². The molecular weight excluding hydrogens is 306 g/mol. The number of benzene rings is 1. The summed E-state index contributed by atoms with van der Waals surface area (Å²) in [4.78, 5) is 16.6. The highest BCUT2D eigenvalue weighted by Crippen LogP contribution is 2.23. The Bertz CT molecular complexity index is 824. The molecule has 1 aliphatic heterocycles. The van der Waals surface area contributed by atoms with Gasteiger partial charge in [-0.1, -0.05) is 17.7 Å². The van der Waals surface area contributed by atoms with E-state index in [1.165, 1.54) is 23.4 Å². The molecule has 0 radical (unpaired) electrons. The number of hydrogen-bond donors (Lipinski definition) is 1. The molecule has 0 saturated heterocycles. The quantitative estimate of drug-likeness (QED) is 0.904. The summed E-state index contributed by atoms with van der Waals surface area (Å²) >= 11 is 0. The molecule has 1 amide bonds. The number of fused-ring (bicyclic) bond motifs is 1. The van der Waals surface area contributed by atoms with Crippen molar-refractivity contribution < 1.29 is 18.3 Å². The molecule has 0 atom stereocenters. The zero-order chi connectivity index (χ0) is 15.9. The number of aryl methyl sites for hydroxylation is 1. The highest BCUT2D eigenvalue weighted by atomic mass is 32.2. The minimum atomic E-state index is -3.77. The van der Waals surface area contributed by atoms with Crippen molar-refractivity contribution in [2.24, 2.45) is 0 Å². The second-order valence-electron chi connectivity index (χ2n) is 5.21. The molecular formula is C14H15N3O4S. The molecule has 2 heterocycles.